The van der Waals surface area contributed by atoms with Crippen LogP contribution in [-0.2, 0) is 4.74 Å². The van der Waals surface area contributed by atoms with Crippen LogP contribution in [0.25, 0.3) is 0 Å². The quantitative estimate of drug-likeness (QED) is 0.735. The Morgan fingerprint density at radius 1 is 1.36 bits per heavy atom. The number of halogens is 2. The molecular weight excluding hydrogens is 351 g/mol. The standard InChI is InChI=1S/C16H24BrFN2O2/c1-11(13-7-6-12(18)10-14(13)17)19-8-5-9-20-15(21)22-16(2,3)4/h6-7,10-11,19H,5,8-9H2,1-4H3,(H,20,21). The van der Waals surface area contributed by atoms with Crippen molar-refractivity contribution in [3.05, 3.63) is 34.1 Å². The predicted molar refractivity (Wildman–Crippen MR) is 89.4 cm³/mol. The molecule has 0 aromatic heterocycles. The third-order valence-electron chi connectivity index (χ3n) is 2.90. The zero-order valence-corrected chi connectivity index (χ0v) is 15.1. The normalized spacial score (nSPS) is 12.8. The molecule has 0 fully saturated rings. The summed E-state index contributed by atoms with van der Waals surface area (Å²) in [7, 11) is 0. The number of carbonyl (C=O) groups is 1. The van der Waals surface area contributed by atoms with Crippen LogP contribution in [-0.4, -0.2) is 24.8 Å². The zero-order chi connectivity index (χ0) is 16.8. The van der Waals surface area contributed by atoms with Gasteiger partial charge in [-0.3, -0.25) is 0 Å². The van der Waals surface area contributed by atoms with Crippen LogP contribution in [0.1, 0.15) is 45.7 Å². The van der Waals surface area contributed by atoms with E-state index in [0.29, 0.717) is 6.54 Å². The molecule has 0 aliphatic rings. The summed E-state index contributed by atoms with van der Waals surface area (Å²) in [6.45, 7) is 8.78. The van der Waals surface area contributed by atoms with E-state index in [9.17, 15) is 9.18 Å². The molecule has 6 heteroatoms. The molecule has 1 aromatic carbocycles. The van der Waals surface area contributed by atoms with Gasteiger partial charge in [-0.2, -0.15) is 0 Å². The molecular formula is C16H24BrFN2O2. The van der Waals surface area contributed by atoms with E-state index in [1.165, 1.54) is 12.1 Å². The van der Waals surface area contributed by atoms with Crippen molar-refractivity contribution >= 4 is 22.0 Å². The lowest BCUT2D eigenvalue weighted by molar-refractivity contribution is 0.0527. The topological polar surface area (TPSA) is 50.4 Å². The zero-order valence-electron chi connectivity index (χ0n) is 13.5. The summed E-state index contributed by atoms with van der Waals surface area (Å²) in [5.74, 6) is -0.260. The Labute approximate surface area is 139 Å². The maximum absolute atomic E-state index is 13.1. The van der Waals surface area contributed by atoms with Crippen LogP contribution in [0.5, 0.6) is 0 Å². The first-order valence-corrected chi connectivity index (χ1v) is 8.13. The summed E-state index contributed by atoms with van der Waals surface area (Å²) < 4.78 is 19.0. The molecule has 2 N–H and O–H groups in total. The highest BCUT2D eigenvalue weighted by Crippen LogP contribution is 2.23. The Hall–Kier alpha value is -1.14. The first kappa shape index (κ1) is 18.9. The lowest BCUT2D eigenvalue weighted by Crippen LogP contribution is -2.34. The van der Waals surface area contributed by atoms with Crippen molar-refractivity contribution in [2.24, 2.45) is 0 Å². The fourth-order valence-electron chi connectivity index (χ4n) is 1.87. The molecule has 0 radical (unpaired) electrons. The van der Waals surface area contributed by atoms with Gasteiger partial charge in [0.2, 0.25) is 0 Å². The van der Waals surface area contributed by atoms with E-state index in [-0.39, 0.29) is 11.9 Å². The molecule has 0 saturated heterocycles. The van der Waals surface area contributed by atoms with Gasteiger partial charge in [-0.25, -0.2) is 9.18 Å². The average molecular weight is 375 g/mol. The summed E-state index contributed by atoms with van der Waals surface area (Å²) >= 11 is 3.36. The summed E-state index contributed by atoms with van der Waals surface area (Å²) in [5, 5.41) is 6.05. The van der Waals surface area contributed by atoms with Crippen molar-refractivity contribution < 1.29 is 13.9 Å². The van der Waals surface area contributed by atoms with Gasteiger partial charge < -0.3 is 15.4 Å². The maximum atomic E-state index is 13.1. The van der Waals surface area contributed by atoms with Crippen LogP contribution in [0.4, 0.5) is 9.18 Å². The van der Waals surface area contributed by atoms with Gasteiger partial charge in [0, 0.05) is 17.1 Å². The Bertz CT molecular complexity index is 503. The van der Waals surface area contributed by atoms with Gasteiger partial charge in [-0.15, -0.1) is 0 Å². The van der Waals surface area contributed by atoms with Gasteiger partial charge in [0.1, 0.15) is 11.4 Å². The molecule has 0 spiro atoms. The highest BCUT2D eigenvalue weighted by atomic mass is 79.9. The molecule has 1 amide bonds. The number of hydrogen-bond donors (Lipinski definition) is 2. The predicted octanol–water partition coefficient (Wildman–Crippen LogP) is 4.15. The number of ether oxygens (including phenoxy) is 1. The fraction of sp³-hybridized carbons (Fsp3) is 0.562. The molecule has 1 rings (SSSR count). The Morgan fingerprint density at radius 3 is 2.64 bits per heavy atom. The van der Waals surface area contributed by atoms with Crippen LogP contribution < -0.4 is 10.6 Å². The van der Waals surface area contributed by atoms with E-state index in [1.54, 1.807) is 6.07 Å². The van der Waals surface area contributed by atoms with Gasteiger partial charge in [0.05, 0.1) is 0 Å². The summed E-state index contributed by atoms with van der Waals surface area (Å²) in [5.41, 5.74) is 0.521. The molecule has 0 aliphatic carbocycles. The lowest BCUT2D eigenvalue weighted by atomic mass is 10.1. The minimum atomic E-state index is -0.480. The largest absolute Gasteiger partial charge is 0.444 e. The molecule has 1 unspecified atom stereocenters. The molecule has 0 saturated carbocycles. The lowest BCUT2D eigenvalue weighted by Gasteiger charge is -2.20. The number of hydrogen-bond acceptors (Lipinski definition) is 3. The molecule has 124 valence electrons. The Morgan fingerprint density at radius 2 is 2.05 bits per heavy atom. The number of nitrogens with one attached hydrogen (secondary N) is 2. The van der Waals surface area contributed by atoms with Crippen LogP contribution in [0.2, 0.25) is 0 Å². The van der Waals surface area contributed by atoms with Crippen LogP contribution >= 0.6 is 15.9 Å². The second kappa shape index (κ2) is 8.48. The number of carbonyl (C=O) groups excluding carboxylic acids is 1. The van der Waals surface area contributed by atoms with Crippen molar-refractivity contribution in [2.75, 3.05) is 13.1 Å². The van der Waals surface area contributed by atoms with Gasteiger partial charge in [0.25, 0.3) is 0 Å². The van der Waals surface area contributed by atoms with E-state index >= 15 is 0 Å². The van der Waals surface area contributed by atoms with Crippen LogP contribution in [0, 0.1) is 5.82 Å². The van der Waals surface area contributed by atoms with Crippen molar-refractivity contribution in [1.29, 1.82) is 0 Å². The highest BCUT2D eigenvalue weighted by Gasteiger charge is 2.15. The SMILES string of the molecule is CC(NCCCNC(=O)OC(C)(C)C)c1ccc(F)cc1Br. The van der Waals surface area contributed by atoms with Crippen molar-refractivity contribution in [3.8, 4) is 0 Å². The molecule has 1 atom stereocenters. The summed E-state index contributed by atoms with van der Waals surface area (Å²) in [6.07, 6.45) is 0.379. The van der Waals surface area contributed by atoms with Crippen LogP contribution in [0.15, 0.2) is 22.7 Å². The smallest absolute Gasteiger partial charge is 0.407 e. The third kappa shape index (κ3) is 7.22. The van der Waals surface area contributed by atoms with Gasteiger partial charge >= 0.3 is 6.09 Å². The van der Waals surface area contributed by atoms with E-state index < -0.39 is 11.7 Å². The minimum absolute atomic E-state index is 0.0940. The van der Waals surface area contributed by atoms with Crippen molar-refractivity contribution in [3.63, 3.8) is 0 Å². The molecule has 22 heavy (non-hydrogen) atoms. The van der Waals surface area contributed by atoms with E-state index in [2.05, 4.69) is 26.6 Å². The molecule has 4 nitrogen and oxygen atoms in total. The van der Waals surface area contributed by atoms with E-state index in [4.69, 9.17) is 4.74 Å². The number of amides is 1. The number of rotatable bonds is 6. The van der Waals surface area contributed by atoms with Gasteiger partial charge in [-0.1, -0.05) is 22.0 Å². The van der Waals surface area contributed by atoms with Gasteiger partial charge in [-0.05, 0) is 58.4 Å². The van der Waals surface area contributed by atoms with E-state index in [1.807, 2.05) is 27.7 Å². The minimum Gasteiger partial charge on any atom is -0.444 e. The summed E-state index contributed by atoms with van der Waals surface area (Å²) in [4.78, 5) is 11.5. The number of alkyl carbamates (subject to hydrolysis) is 1. The molecule has 0 heterocycles. The second-order valence-corrected chi connectivity index (χ2v) is 6.98. The maximum Gasteiger partial charge on any atom is 0.407 e. The molecule has 1 aromatic rings. The first-order chi connectivity index (χ1) is 10.2. The fourth-order valence-corrected chi connectivity index (χ4v) is 2.57. The van der Waals surface area contributed by atoms with Crippen molar-refractivity contribution in [2.45, 2.75) is 45.8 Å². The molecule has 0 bridgehead atoms. The summed E-state index contributed by atoms with van der Waals surface area (Å²) in [6, 6.07) is 4.76. The Kier molecular flexibility index (Phi) is 7.29. The number of benzene rings is 1. The first-order valence-electron chi connectivity index (χ1n) is 7.34. The van der Waals surface area contributed by atoms with Gasteiger partial charge in [0.15, 0.2) is 0 Å². The Balaban J connectivity index is 2.26. The molecule has 0 aliphatic heterocycles. The van der Waals surface area contributed by atoms with Crippen LogP contribution in [0.3, 0.4) is 0 Å². The second-order valence-electron chi connectivity index (χ2n) is 6.12. The van der Waals surface area contributed by atoms with Crippen molar-refractivity contribution in [1.82, 2.24) is 10.6 Å². The third-order valence-corrected chi connectivity index (χ3v) is 3.59. The monoisotopic (exact) mass is 374 g/mol. The van der Waals surface area contributed by atoms with E-state index in [0.717, 1.165) is 23.0 Å². The highest BCUT2D eigenvalue weighted by molar-refractivity contribution is 9.10. The average Bonchev–Trinajstić information content (AvgIpc) is 2.35.